The van der Waals surface area contributed by atoms with Crippen molar-refractivity contribution in [3.63, 3.8) is 0 Å². The average molecular weight is 585 g/mol. The van der Waals surface area contributed by atoms with Crippen LogP contribution in [0.2, 0.25) is 11.5 Å². The van der Waals surface area contributed by atoms with Gasteiger partial charge in [0.05, 0.1) is 0 Å². The molecule has 0 bridgehead atoms. The fourth-order valence-electron chi connectivity index (χ4n) is 5.54. The SMILES string of the molecule is Cc1cc(C(=O)ON2C(=O)CCC2=O)ccc1C1=C2C=CC(=[N+](C)C)C=[C]2[Ge]([CH3])([CH3])[c]2cc(N(C)C)ccc21. The van der Waals surface area contributed by atoms with Crippen molar-refractivity contribution in [3.8, 4) is 0 Å². The fraction of sp³-hybridized carbons (Fsp3) is 0.290. The number of rotatable bonds is 4. The normalized spacial score (nSPS) is 17.7. The summed E-state index contributed by atoms with van der Waals surface area (Å²) in [4.78, 5) is 44.0. The maximum absolute atomic E-state index is 12.8. The van der Waals surface area contributed by atoms with Crippen LogP contribution in [0.3, 0.4) is 0 Å². The van der Waals surface area contributed by atoms with E-state index in [1.807, 2.05) is 13.0 Å². The molecule has 2 aliphatic heterocycles. The van der Waals surface area contributed by atoms with Crippen LogP contribution in [-0.4, -0.2) is 74.6 Å². The maximum atomic E-state index is 12.8. The van der Waals surface area contributed by atoms with Crippen molar-refractivity contribution >= 4 is 52.4 Å². The molecule has 0 unspecified atom stereocenters. The minimum absolute atomic E-state index is 0.0626. The molecule has 3 aliphatic rings. The number of anilines is 1. The number of carbonyl (C=O) groups excluding carboxylic acids is 3. The Bertz CT molecular complexity index is 1560. The molecule has 0 atom stereocenters. The van der Waals surface area contributed by atoms with Gasteiger partial charge in [-0.25, -0.2) is 0 Å². The Kier molecular flexibility index (Phi) is 6.75. The second-order valence-electron chi connectivity index (χ2n) is 11.2. The first-order chi connectivity index (χ1) is 18.4. The average Bonchev–Trinajstić information content (AvgIpc) is 3.21. The van der Waals surface area contributed by atoms with Crippen LogP contribution in [-0.2, 0) is 14.4 Å². The number of hydroxylamine groups is 2. The Labute approximate surface area is 232 Å². The number of benzene rings is 2. The zero-order valence-electron chi connectivity index (χ0n) is 23.6. The van der Waals surface area contributed by atoms with Crippen molar-refractivity contribution in [2.45, 2.75) is 31.3 Å². The van der Waals surface area contributed by atoms with Crippen LogP contribution in [0.25, 0.3) is 5.57 Å². The second kappa shape index (κ2) is 9.79. The molecule has 1 aliphatic carbocycles. The van der Waals surface area contributed by atoms with Gasteiger partial charge in [-0.15, -0.1) is 0 Å². The zero-order chi connectivity index (χ0) is 28.2. The molecule has 0 N–H and O–H groups in total. The van der Waals surface area contributed by atoms with E-state index in [9.17, 15) is 14.4 Å². The number of hydrogen-bond donors (Lipinski definition) is 0. The van der Waals surface area contributed by atoms with Gasteiger partial charge in [0.2, 0.25) is 0 Å². The standard InChI is InChI=1S/C31H34GeN3O4/c1-19-16-20(31(38)39-35-28(36)14-15-29(35)37)8-11-23(19)30-24-12-9-21(33(4)5)17-26(24)32(2,3)27-18-22(34(6)7)10-13-25(27)30/h8-13,16-18H,14-15H2,1-7H3/q+1. The third kappa shape index (κ3) is 4.58. The second-order valence-corrected chi connectivity index (χ2v) is 20.3. The Morgan fingerprint density at radius 3 is 2.26 bits per heavy atom. The summed E-state index contributed by atoms with van der Waals surface area (Å²) in [6.07, 6.45) is 6.88. The molecule has 7 nitrogen and oxygen atoms in total. The van der Waals surface area contributed by atoms with Gasteiger partial charge in [-0.05, 0) is 0 Å². The van der Waals surface area contributed by atoms with Crippen molar-refractivity contribution in [1.29, 1.82) is 0 Å². The first-order valence-corrected chi connectivity index (χ1v) is 19.4. The topological polar surface area (TPSA) is 69.9 Å². The summed E-state index contributed by atoms with van der Waals surface area (Å²) in [5.41, 5.74) is 8.24. The summed E-state index contributed by atoms with van der Waals surface area (Å²) in [5.74, 6) is 3.22. The van der Waals surface area contributed by atoms with Crippen LogP contribution in [0.4, 0.5) is 5.69 Å². The van der Waals surface area contributed by atoms with E-state index in [2.05, 4.69) is 85.6 Å². The summed E-state index contributed by atoms with van der Waals surface area (Å²) in [6, 6.07) is 12.2. The van der Waals surface area contributed by atoms with E-state index in [0.717, 1.165) is 16.7 Å². The van der Waals surface area contributed by atoms with Crippen molar-refractivity contribution < 1.29 is 23.8 Å². The quantitative estimate of drug-likeness (QED) is 0.311. The predicted molar refractivity (Wildman–Crippen MR) is 156 cm³/mol. The van der Waals surface area contributed by atoms with Crippen molar-refractivity contribution in [1.82, 2.24) is 5.06 Å². The molecule has 1 fully saturated rings. The molecule has 2 aromatic carbocycles. The fourth-order valence-corrected chi connectivity index (χ4v) is 12.0. The first kappa shape index (κ1) is 26.9. The Hall–Kier alpha value is -3.72. The van der Waals surface area contributed by atoms with Gasteiger partial charge in [0.1, 0.15) is 0 Å². The molecule has 39 heavy (non-hydrogen) atoms. The van der Waals surface area contributed by atoms with Gasteiger partial charge in [-0.3, -0.25) is 0 Å². The molecule has 0 radical (unpaired) electrons. The van der Waals surface area contributed by atoms with Crippen LogP contribution < -0.4 is 9.30 Å². The molecular formula is C31H34GeN3O4+. The van der Waals surface area contributed by atoms with E-state index in [1.54, 1.807) is 12.1 Å². The Morgan fingerprint density at radius 1 is 0.974 bits per heavy atom. The number of hydrogen-bond acceptors (Lipinski definition) is 5. The van der Waals surface area contributed by atoms with E-state index in [0.29, 0.717) is 10.6 Å². The van der Waals surface area contributed by atoms with E-state index >= 15 is 0 Å². The molecule has 1 saturated heterocycles. The van der Waals surface area contributed by atoms with Crippen molar-refractivity contribution in [2.75, 3.05) is 33.1 Å². The van der Waals surface area contributed by atoms with Gasteiger partial charge in [0.25, 0.3) is 0 Å². The van der Waals surface area contributed by atoms with Gasteiger partial charge < -0.3 is 0 Å². The number of fused-ring (bicyclic) bond motifs is 2. The zero-order valence-corrected chi connectivity index (χ0v) is 25.7. The summed E-state index contributed by atoms with van der Waals surface area (Å²) in [7, 11) is 8.27. The van der Waals surface area contributed by atoms with E-state index in [-0.39, 0.29) is 12.8 Å². The number of imide groups is 1. The third-order valence-corrected chi connectivity index (χ3v) is 15.2. The number of carbonyl (C=O) groups is 3. The molecule has 2 aromatic rings. The monoisotopic (exact) mass is 586 g/mol. The minimum atomic E-state index is -2.70. The van der Waals surface area contributed by atoms with Crippen LogP contribution in [0.1, 0.15) is 39.9 Å². The summed E-state index contributed by atoms with van der Waals surface area (Å²) < 4.78 is 4.99. The van der Waals surface area contributed by atoms with Gasteiger partial charge in [-0.2, -0.15) is 0 Å². The number of nitrogens with zero attached hydrogens (tertiary/aromatic N) is 3. The van der Waals surface area contributed by atoms with Crippen LogP contribution >= 0.6 is 0 Å². The first-order valence-electron chi connectivity index (χ1n) is 13.1. The molecule has 0 saturated carbocycles. The molecule has 0 spiro atoms. The van der Waals surface area contributed by atoms with Gasteiger partial charge >= 0.3 is 233 Å². The summed E-state index contributed by atoms with van der Waals surface area (Å²) in [5, 5.41) is 0.590. The van der Waals surface area contributed by atoms with Crippen molar-refractivity contribution in [3.05, 3.63) is 86.9 Å². The predicted octanol–water partition coefficient (Wildman–Crippen LogP) is 3.76. The van der Waals surface area contributed by atoms with Crippen molar-refractivity contribution in [2.24, 2.45) is 0 Å². The molecule has 5 rings (SSSR count). The van der Waals surface area contributed by atoms with Gasteiger partial charge in [0, 0.05) is 0 Å². The number of allylic oxidation sites excluding steroid dienone is 5. The van der Waals surface area contributed by atoms with Gasteiger partial charge in [0.15, 0.2) is 0 Å². The van der Waals surface area contributed by atoms with E-state index in [4.69, 9.17) is 4.84 Å². The van der Waals surface area contributed by atoms with Gasteiger partial charge in [-0.1, -0.05) is 0 Å². The number of aryl methyl sites for hydroxylation is 1. The summed E-state index contributed by atoms with van der Waals surface area (Å²) >= 11 is -2.70. The summed E-state index contributed by atoms with van der Waals surface area (Å²) in [6.45, 7) is 1.98. The Morgan fingerprint density at radius 2 is 1.64 bits per heavy atom. The molecule has 2 heterocycles. The van der Waals surface area contributed by atoms with E-state index < -0.39 is 31.0 Å². The van der Waals surface area contributed by atoms with E-state index in [1.165, 1.54) is 31.3 Å². The van der Waals surface area contributed by atoms with Crippen LogP contribution in [0.15, 0.2) is 64.6 Å². The molecule has 200 valence electrons. The Balaban J connectivity index is 1.65. The van der Waals surface area contributed by atoms with Crippen LogP contribution in [0, 0.1) is 6.92 Å². The molecule has 2 amide bonds. The van der Waals surface area contributed by atoms with Crippen LogP contribution in [0.5, 0.6) is 0 Å². The molecule has 8 heteroatoms. The number of amides is 2. The molecule has 0 aromatic heterocycles. The molecular weight excluding hydrogens is 551 g/mol. The third-order valence-electron chi connectivity index (χ3n) is 7.84.